The molecule has 0 aromatic carbocycles. The Morgan fingerprint density at radius 2 is 2.00 bits per heavy atom. The molecule has 3 amide bonds. The lowest BCUT2D eigenvalue weighted by Gasteiger charge is -2.41. The molecule has 0 aliphatic carbocycles. The van der Waals surface area contributed by atoms with E-state index < -0.39 is 11.6 Å². The van der Waals surface area contributed by atoms with Crippen LogP contribution in [0.1, 0.15) is 49.9 Å². The van der Waals surface area contributed by atoms with Gasteiger partial charge < -0.3 is 15.3 Å². The molecule has 132 valence electrons. The van der Waals surface area contributed by atoms with Gasteiger partial charge in [-0.1, -0.05) is 20.8 Å². The van der Waals surface area contributed by atoms with Gasteiger partial charge in [-0.2, -0.15) is 0 Å². The van der Waals surface area contributed by atoms with E-state index in [4.69, 9.17) is 5.11 Å². The van der Waals surface area contributed by atoms with Gasteiger partial charge in [-0.05, 0) is 25.3 Å². The highest BCUT2D eigenvalue weighted by Gasteiger charge is 2.41. The number of piperazine rings is 1. The van der Waals surface area contributed by atoms with Crippen LogP contribution in [0.15, 0.2) is 6.07 Å². The minimum atomic E-state index is -1.22. The average molecular weight is 353 g/mol. The van der Waals surface area contributed by atoms with Crippen LogP contribution in [0.4, 0.5) is 9.80 Å². The molecule has 0 bridgehead atoms. The van der Waals surface area contributed by atoms with Gasteiger partial charge in [-0.25, -0.2) is 4.79 Å². The fourth-order valence-electron chi connectivity index (χ4n) is 2.51. The maximum atomic E-state index is 13.0. The van der Waals surface area contributed by atoms with Crippen molar-refractivity contribution in [3.63, 3.8) is 0 Å². The van der Waals surface area contributed by atoms with Crippen LogP contribution in [0.5, 0.6) is 0 Å². The van der Waals surface area contributed by atoms with Crippen LogP contribution in [0.2, 0.25) is 0 Å². The predicted octanol–water partition coefficient (Wildman–Crippen LogP) is 2.49. The van der Waals surface area contributed by atoms with E-state index in [2.05, 4.69) is 10.6 Å². The van der Waals surface area contributed by atoms with Crippen molar-refractivity contribution in [3.8, 4) is 0 Å². The second-order valence-corrected chi connectivity index (χ2v) is 8.36. The number of nitrogens with one attached hydrogen (secondary N) is 2. The number of thiophene rings is 1. The van der Waals surface area contributed by atoms with Crippen LogP contribution in [0, 0.1) is 0 Å². The lowest BCUT2D eigenvalue weighted by atomic mass is 9.93. The Kier molecular flexibility index (Phi) is 4.63. The first-order chi connectivity index (χ1) is 10.9. The first-order valence-electron chi connectivity index (χ1n) is 7.69. The summed E-state index contributed by atoms with van der Waals surface area (Å²) in [6.07, 6.45) is -1.22. The molecule has 1 aliphatic rings. The number of carbonyl (C=O) groups excluding carboxylic acids is 2. The Balaban J connectivity index is 2.46. The second kappa shape index (κ2) is 6.08. The van der Waals surface area contributed by atoms with E-state index in [9.17, 15) is 14.4 Å². The summed E-state index contributed by atoms with van der Waals surface area (Å²) in [4.78, 5) is 38.6. The van der Waals surface area contributed by atoms with Gasteiger partial charge in [0.05, 0.1) is 5.56 Å². The van der Waals surface area contributed by atoms with Crippen molar-refractivity contribution in [3.05, 3.63) is 16.5 Å². The number of rotatable bonds is 2. The third-order valence-electron chi connectivity index (χ3n) is 4.02. The Labute approximate surface area is 145 Å². The van der Waals surface area contributed by atoms with Crippen molar-refractivity contribution in [1.29, 1.82) is 0 Å². The van der Waals surface area contributed by atoms with Gasteiger partial charge in [0.25, 0.3) is 5.91 Å². The smallest absolute Gasteiger partial charge is 0.409 e. The molecule has 1 aliphatic heterocycles. The van der Waals surface area contributed by atoms with Crippen LogP contribution in [0.3, 0.4) is 0 Å². The van der Waals surface area contributed by atoms with Crippen molar-refractivity contribution in [2.45, 2.75) is 45.6 Å². The van der Waals surface area contributed by atoms with Gasteiger partial charge in [0, 0.05) is 18.0 Å². The molecule has 0 saturated carbocycles. The van der Waals surface area contributed by atoms with Crippen molar-refractivity contribution in [1.82, 2.24) is 10.2 Å². The zero-order valence-electron chi connectivity index (χ0n) is 14.5. The van der Waals surface area contributed by atoms with Crippen molar-refractivity contribution >= 4 is 34.2 Å². The summed E-state index contributed by atoms with van der Waals surface area (Å²) in [5.74, 6) is -0.563. The predicted molar refractivity (Wildman–Crippen MR) is 92.8 cm³/mol. The fourth-order valence-corrected chi connectivity index (χ4v) is 3.61. The standard InChI is InChI=1S/C16H23N3O4S/c1-15(2,3)10-8-9(11(24-10)18-14(22)23)12(20)19-7-6-17-13(21)16(19,4)5/h8,18H,6-7H2,1-5H3,(H,17,21)(H,22,23). The SMILES string of the molecule is CC(C)(C)c1cc(C(=O)N2CCNC(=O)C2(C)C)c(NC(=O)O)s1. The number of hydrogen-bond donors (Lipinski definition) is 3. The molecule has 2 rings (SSSR count). The number of hydrogen-bond acceptors (Lipinski definition) is 4. The zero-order chi connectivity index (χ0) is 18.3. The molecule has 1 fully saturated rings. The van der Waals surface area contributed by atoms with E-state index in [-0.39, 0.29) is 22.8 Å². The molecule has 24 heavy (non-hydrogen) atoms. The highest BCUT2D eigenvalue weighted by Crippen LogP contribution is 2.37. The number of carboxylic acid groups (broad SMARTS) is 1. The molecular formula is C16H23N3O4S. The largest absolute Gasteiger partial charge is 0.465 e. The molecule has 0 atom stereocenters. The third kappa shape index (κ3) is 3.38. The summed E-state index contributed by atoms with van der Waals surface area (Å²) >= 11 is 1.25. The Bertz CT molecular complexity index is 688. The van der Waals surface area contributed by atoms with Crippen LogP contribution in [-0.2, 0) is 10.2 Å². The van der Waals surface area contributed by atoms with Crippen molar-refractivity contribution in [2.24, 2.45) is 0 Å². The summed E-state index contributed by atoms with van der Waals surface area (Å²) < 4.78 is 0. The van der Waals surface area contributed by atoms with Crippen LogP contribution >= 0.6 is 11.3 Å². The van der Waals surface area contributed by atoms with Crippen molar-refractivity contribution in [2.75, 3.05) is 18.4 Å². The summed E-state index contributed by atoms with van der Waals surface area (Å²) in [6, 6.07) is 1.72. The summed E-state index contributed by atoms with van der Waals surface area (Å²) in [6.45, 7) is 10.1. The molecule has 3 N–H and O–H groups in total. The van der Waals surface area contributed by atoms with E-state index in [0.29, 0.717) is 18.1 Å². The molecule has 1 aromatic heterocycles. The van der Waals surface area contributed by atoms with Gasteiger partial charge in [0.1, 0.15) is 10.5 Å². The fraction of sp³-hybridized carbons (Fsp3) is 0.562. The molecule has 1 aromatic rings. The average Bonchev–Trinajstić information content (AvgIpc) is 2.84. The second-order valence-electron chi connectivity index (χ2n) is 7.31. The minimum Gasteiger partial charge on any atom is -0.465 e. The molecule has 7 nitrogen and oxygen atoms in total. The summed E-state index contributed by atoms with van der Waals surface area (Å²) in [5, 5.41) is 14.4. The van der Waals surface area contributed by atoms with E-state index in [1.165, 1.54) is 16.2 Å². The topological polar surface area (TPSA) is 98.7 Å². The first-order valence-corrected chi connectivity index (χ1v) is 8.51. The third-order valence-corrected chi connectivity index (χ3v) is 5.49. The highest BCUT2D eigenvalue weighted by atomic mass is 32.1. The molecule has 0 unspecified atom stereocenters. The Hall–Kier alpha value is -2.09. The van der Waals surface area contributed by atoms with E-state index in [1.807, 2.05) is 20.8 Å². The maximum Gasteiger partial charge on any atom is 0.409 e. The number of carbonyl (C=O) groups is 3. The monoisotopic (exact) mass is 353 g/mol. The quantitative estimate of drug-likeness (QED) is 0.761. The number of anilines is 1. The Morgan fingerprint density at radius 1 is 1.38 bits per heavy atom. The van der Waals surface area contributed by atoms with Crippen LogP contribution in [0.25, 0.3) is 0 Å². The van der Waals surface area contributed by atoms with E-state index >= 15 is 0 Å². The Morgan fingerprint density at radius 3 is 2.54 bits per heavy atom. The lowest BCUT2D eigenvalue weighted by Crippen LogP contribution is -2.63. The van der Waals surface area contributed by atoms with Gasteiger partial charge in [0.2, 0.25) is 5.91 Å². The molecule has 0 radical (unpaired) electrons. The van der Waals surface area contributed by atoms with Crippen LogP contribution < -0.4 is 10.6 Å². The molecule has 1 saturated heterocycles. The highest BCUT2D eigenvalue weighted by molar-refractivity contribution is 7.16. The molecule has 8 heteroatoms. The normalized spacial score (nSPS) is 17.4. The minimum absolute atomic E-state index is 0.215. The van der Waals surface area contributed by atoms with Crippen molar-refractivity contribution < 1.29 is 19.5 Å². The molecule has 0 spiro atoms. The lowest BCUT2D eigenvalue weighted by molar-refractivity contribution is -0.133. The summed E-state index contributed by atoms with van der Waals surface area (Å²) in [7, 11) is 0. The van der Waals surface area contributed by atoms with Gasteiger partial charge >= 0.3 is 6.09 Å². The molecule has 2 heterocycles. The number of nitrogens with zero attached hydrogens (tertiary/aromatic N) is 1. The summed E-state index contributed by atoms with van der Waals surface area (Å²) in [5.41, 5.74) is -0.915. The maximum absolute atomic E-state index is 13.0. The zero-order valence-corrected chi connectivity index (χ0v) is 15.3. The van der Waals surface area contributed by atoms with Gasteiger partial charge in [0.15, 0.2) is 0 Å². The van der Waals surface area contributed by atoms with E-state index in [0.717, 1.165) is 4.88 Å². The van der Waals surface area contributed by atoms with Gasteiger partial charge in [-0.3, -0.25) is 14.9 Å². The van der Waals surface area contributed by atoms with Gasteiger partial charge in [-0.15, -0.1) is 11.3 Å². The molecular weight excluding hydrogens is 330 g/mol. The number of amides is 3. The first kappa shape index (κ1) is 18.3. The van der Waals surface area contributed by atoms with E-state index in [1.54, 1.807) is 19.9 Å². The van der Waals surface area contributed by atoms with Crippen LogP contribution in [-0.4, -0.2) is 46.5 Å².